The molecule has 2 fully saturated rings. The third-order valence-electron chi connectivity index (χ3n) is 5.27. The third-order valence-corrected chi connectivity index (χ3v) is 5.27. The molecule has 0 radical (unpaired) electrons. The van der Waals surface area contributed by atoms with E-state index < -0.39 is 5.79 Å². The maximum Gasteiger partial charge on any atom is 0.186 e. The number of hydrogen-bond donors (Lipinski definition) is 2. The molecule has 0 saturated carbocycles. The summed E-state index contributed by atoms with van der Waals surface area (Å²) in [7, 11) is 0. The molecule has 0 aromatic carbocycles. The second-order valence-corrected chi connectivity index (χ2v) is 7.14. The van der Waals surface area contributed by atoms with Gasteiger partial charge in [0.05, 0.1) is 37.7 Å². The molecule has 2 saturated heterocycles. The molecular formula is C19H25N7O2. The number of pyridine rings is 1. The highest BCUT2D eigenvalue weighted by Crippen LogP contribution is 2.28. The zero-order valence-electron chi connectivity index (χ0n) is 16.0. The van der Waals surface area contributed by atoms with Gasteiger partial charge in [0.2, 0.25) is 0 Å². The number of nitrogens with one attached hydrogen (secondary N) is 1. The highest BCUT2D eigenvalue weighted by atomic mass is 16.5. The van der Waals surface area contributed by atoms with Crippen LogP contribution in [0.15, 0.2) is 23.3 Å². The first-order chi connectivity index (χ1) is 13.6. The van der Waals surface area contributed by atoms with E-state index in [-0.39, 0.29) is 0 Å². The zero-order chi connectivity index (χ0) is 19.6. The molecule has 28 heavy (non-hydrogen) atoms. The lowest BCUT2D eigenvalue weighted by atomic mass is 10.0. The average molecular weight is 383 g/mol. The summed E-state index contributed by atoms with van der Waals surface area (Å²) in [6, 6.07) is 3.83. The zero-order valence-corrected chi connectivity index (χ0v) is 16.0. The van der Waals surface area contributed by atoms with Crippen molar-refractivity contribution in [2.45, 2.75) is 12.7 Å². The van der Waals surface area contributed by atoms with Gasteiger partial charge in [-0.2, -0.15) is 5.26 Å². The number of amidine groups is 1. The Morgan fingerprint density at radius 1 is 1.18 bits per heavy atom. The van der Waals surface area contributed by atoms with Gasteiger partial charge in [-0.1, -0.05) is 0 Å². The Morgan fingerprint density at radius 3 is 2.54 bits per heavy atom. The van der Waals surface area contributed by atoms with Crippen molar-refractivity contribution in [2.75, 3.05) is 58.3 Å². The lowest BCUT2D eigenvalue weighted by Crippen LogP contribution is -2.60. The normalized spacial score (nSPS) is 26.1. The first-order valence-electron chi connectivity index (χ1n) is 9.50. The van der Waals surface area contributed by atoms with Crippen LogP contribution in [0, 0.1) is 11.3 Å². The standard InChI is InChI=1S/C19H25N7O2/c1-19(26-4-8-28-9-5-26)23-16(15-13-22-17(21)10-14(15)12-20)11-18(24-19)25-2-6-27-7-3-25/h10-11,13,23H,2-9H2,1H3,(H2,21,22). The topological polar surface area (TPSA) is 112 Å². The minimum absolute atomic E-state index is 0.328. The fourth-order valence-electron chi connectivity index (χ4n) is 3.73. The molecule has 4 heterocycles. The van der Waals surface area contributed by atoms with E-state index in [1.807, 2.05) is 6.08 Å². The molecule has 148 valence electrons. The van der Waals surface area contributed by atoms with Crippen molar-refractivity contribution in [3.8, 4) is 6.07 Å². The Morgan fingerprint density at radius 2 is 1.86 bits per heavy atom. The summed E-state index contributed by atoms with van der Waals surface area (Å²) in [5.74, 6) is 0.566. The Kier molecular flexibility index (Phi) is 5.17. The maximum atomic E-state index is 9.59. The van der Waals surface area contributed by atoms with Crippen molar-refractivity contribution >= 4 is 17.4 Å². The molecule has 3 N–H and O–H groups in total. The second-order valence-electron chi connectivity index (χ2n) is 7.14. The van der Waals surface area contributed by atoms with E-state index in [9.17, 15) is 5.26 Å². The van der Waals surface area contributed by atoms with Gasteiger partial charge in [-0.05, 0) is 13.0 Å². The highest BCUT2D eigenvalue weighted by Gasteiger charge is 2.37. The molecule has 1 unspecified atom stereocenters. The van der Waals surface area contributed by atoms with E-state index in [1.165, 1.54) is 0 Å². The van der Waals surface area contributed by atoms with Crippen LogP contribution in [0.5, 0.6) is 0 Å². The van der Waals surface area contributed by atoms with Crippen LogP contribution in [0.3, 0.4) is 0 Å². The summed E-state index contributed by atoms with van der Waals surface area (Å²) in [6.07, 6.45) is 3.64. The number of rotatable bonds is 2. The number of nitrogens with zero attached hydrogens (tertiary/aromatic N) is 5. The van der Waals surface area contributed by atoms with Crippen molar-refractivity contribution in [2.24, 2.45) is 4.99 Å². The smallest absolute Gasteiger partial charge is 0.186 e. The number of hydrogen-bond acceptors (Lipinski definition) is 9. The Hall–Kier alpha value is -2.67. The van der Waals surface area contributed by atoms with Crippen molar-refractivity contribution in [1.82, 2.24) is 20.1 Å². The fraction of sp³-hybridized carbons (Fsp3) is 0.526. The van der Waals surface area contributed by atoms with Crippen molar-refractivity contribution < 1.29 is 9.47 Å². The number of aromatic nitrogens is 1. The molecule has 0 spiro atoms. The van der Waals surface area contributed by atoms with Crippen LogP contribution in [0.4, 0.5) is 5.82 Å². The van der Waals surface area contributed by atoms with Gasteiger partial charge in [0.1, 0.15) is 17.7 Å². The summed E-state index contributed by atoms with van der Waals surface area (Å²) < 4.78 is 11.0. The van der Waals surface area contributed by atoms with E-state index in [1.54, 1.807) is 12.3 Å². The van der Waals surface area contributed by atoms with Crippen LogP contribution >= 0.6 is 0 Å². The van der Waals surface area contributed by atoms with Gasteiger partial charge in [0, 0.05) is 44.0 Å². The van der Waals surface area contributed by atoms with Gasteiger partial charge in [-0.25, -0.2) is 9.98 Å². The first kappa shape index (κ1) is 18.7. The minimum Gasteiger partial charge on any atom is -0.384 e. The molecule has 0 aliphatic carbocycles. The number of nitrogen functional groups attached to an aromatic ring is 1. The molecular weight excluding hydrogens is 358 g/mol. The molecule has 3 aliphatic rings. The van der Waals surface area contributed by atoms with Crippen LogP contribution < -0.4 is 11.1 Å². The van der Waals surface area contributed by atoms with Crippen LogP contribution in [0.2, 0.25) is 0 Å². The number of nitrogens with two attached hydrogens (primary N) is 1. The Labute approximate surface area is 164 Å². The van der Waals surface area contributed by atoms with E-state index in [0.29, 0.717) is 37.8 Å². The number of anilines is 1. The molecule has 1 atom stereocenters. The van der Waals surface area contributed by atoms with E-state index in [4.69, 9.17) is 20.2 Å². The van der Waals surface area contributed by atoms with Gasteiger partial charge < -0.3 is 25.4 Å². The number of nitriles is 1. The predicted molar refractivity (Wildman–Crippen MR) is 105 cm³/mol. The molecule has 9 nitrogen and oxygen atoms in total. The summed E-state index contributed by atoms with van der Waals surface area (Å²) in [4.78, 5) is 13.7. The maximum absolute atomic E-state index is 9.59. The van der Waals surface area contributed by atoms with E-state index >= 15 is 0 Å². The van der Waals surface area contributed by atoms with Gasteiger partial charge in [0.25, 0.3) is 0 Å². The second kappa shape index (κ2) is 7.75. The summed E-state index contributed by atoms with van der Waals surface area (Å²) in [6.45, 7) is 7.89. The first-order valence-corrected chi connectivity index (χ1v) is 9.50. The van der Waals surface area contributed by atoms with Crippen LogP contribution in [-0.4, -0.2) is 79.0 Å². The van der Waals surface area contributed by atoms with Gasteiger partial charge in [-0.15, -0.1) is 0 Å². The monoisotopic (exact) mass is 383 g/mol. The third kappa shape index (κ3) is 3.67. The van der Waals surface area contributed by atoms with Gasteiger partial charge >= 0.3 is 0 Å². The van der Waals surface area contributed by atoms with Crippen LogP contribution in [0.25, 0.3) is 5.70 Å². The van der Waals surface area contributed by atoms with E-state index in [2.05, 4.69) is 33.1 Å². The van der Waals surface area contributed by atoms with Crippen molar-refractivity contribution in [1.29, 1.82) is 5.26 Å². The van der Waals surface area contributed by atoms with Crippen LogP contribution in [-0.2, 0) is 9.47 Å². The van der Waals surface area contributed by atoms with E-state index in [0.717, 1.165) is 43.3 Å². The highest BCUT2D eigenvalue weighted by molar-refractivity contribution is 6.01. The lowest BCUT2D eigenvalue weighted by molar-refractivity contribution is -0.0211. The number of aliphatic imine (C=N–C) groups is 1. The predicted octanol–water partition coefficient (Wildman–Crippen LogP) is 0.216. The molecule has 3 aliphatic heterocycles. The summed E-state index contributed by atoms with van der Waals surface area (Å²) in [5.41, 5.74) is 7.80. The Bertz CT molecular complexity index is 835. The molecule has 0 bridgehead atoms. The quantitative estimate of drug-likeness (QED) is 0.746. The Balaban J connectivity index is 1.74. The van der Waals surface area contributed by atoms with Gasteiger partial charge in [0.15, 0.2) is 5.79 Å². The molecule has 0 amide bonds. The summed E-state index contributed by atoms with van der Waals surface area (Å²) in [5, 5.41) is 13.1. The number of ether oxygens (including phenoxy) is 2. The van der Waals surface area contributed by atoms with Crippen LogP contribution in [0.1, 0.15) is 18.1 Å². The molecule has 4 rings (SSSR count). The molecule has 1 aromatic heterocycles. The van der Waals surface area contributed by atoms with Gasteiger partial charge in [-0.3, -0.25) is 4.90 Å². The van der Waals surface area contributed by atoms with Crippen molar-refractivity contribution in [3.63, 3.8) is 0 Å². The largest absolute Gasteiger partial charge is 0.384 e. The summed E-state index contributed by atoms with van der Waals surface area (Å²) >= 11 is 0. The SMILES string of the molecule is CC1(N2CCOCC2)N=C(N2CCOCC2)C=C(c2cnc(N)cc2C#N)N1. The van der Waals surface area contributed by atoms with Crippen molar-refractivity contribution in [3.05, 3.63) is 29.5 Å². The fourth-order valence-corrected chi connectivity index (χ4v) is 3.73. The lowest BCUT2D eigenvalue weighted by Gasteiger charge is -2.45. The molecule has 9 heteroatoms. The molecule has 1 aromatic rings. The average Bonchev–Trinajstić information content (AvgIpc) is 2.74. The minimum atomic E-state index is -0.643. The number of morpholine rings is 2.